The minimum Gasteiger partial charge on any atom is -0.334 e. The van der Waals surface area contributed by atoms with Crippen molar-refractivity contribution in [3.63, 3.8) is 0 Å². The number of nitrogens with zero attached hydrogens (tertiary/aromatic N) is 7. The van der Waals surface area contributed by atoms with Gasteiger partial charge in [0.1, 0.15) is 11.4 Å². The zero-order valence-electron chi connectivity index (χ0n) is 18.5. The van der Waals surface area contributed by atoms with E-state index in [4.69, 9.17) is 10.2 Å². The van der Waals surface area contributed by atoms with E-state index < -0.39 is 0 Å². The number of hydrogen-bond donors (Lipinski definition) is 0. The highest BCUT2D eigenvalue weighted by Gasteiger charge is 2.33. The molecule has 1 amide bonds. The summed E-state index contributed by atoms with van der Waals surface area (Å²) in [5.74, 6) is -0.0125. The van der Waals surface area contributed by atoms with Gasteiger partial charge in [-0.15, -0.1) is 0 Å². The molecular weight excluding hydrogens is 426 g/mol. The van der Waals surface area contributed by atoms with Gasteiger partial charge >= 0.3 is 0 Å². The topological polar surface area (TPSA) is 81.2 Å². The number of rotatable bonds is 5. The molecule has 1 saturated heterocycles. The molecule has 0 saturated carbocycles. The predicted molar refractivity (Wildman–Crippen MR) is 128 cm³/mol. The van der Waals surface area contributed by atoms with Gasteiger partial charge in [-0.1, -0.05) is 18.2 Å². The van der Waals surface area contributed by atoms with Crippen LogP contribution in [0.15, 0.2) is 85.5 Å². The SMILES string of the molecule is O=C(c1c(-c2ccccn2)nn2ccccc12)N1CCC[C@H]1Cn1ccc(-c2ccccn2)n1. The monoisotopic (exact) mass is 449 g/mol. The first-order valence-electron chi connectivity index (χ1n) is 11.4. The van der Waals surface area contributed by atoms with E-state index in [2.05, 4.69) is 9.97 Å². The zero-order valence-corrected chi connectivity index (χ0v) is 18.5. The van der Waals surface area contributed by atoms with Gasteiger partial charge in [-0.05, 0) is 55.3 Å². The van der Waals surface area contributed by atoms with Gasteiger partial charge in [0.05, 0.1) is 35.1 Å². The van der Waals surface area contributed by atoms with Gasteiger partial charge in [-0.25, -0.2) is 4.52 Å². The number of fused-ring (bicyclic) bond motifs is 1. The van der Waals surface area contributed by atoms with E-state index in [1.807, 2.05) is 82.6 Å². The molecule has 6 heterocycles. The van der Waals surface area contributed by atoms with E-state index in [-0.39, 0.29) is 11.9 Å². The lowest BCUT2D eigenvalue weighted by Gasteiger charge is -2.25. The Hall–Kier alpha value is -4.33. The summed E-state index contributed by atoms with van der Waals surface area (Å²) in [7, 11) is 0. The summed E-state index contributed by atoms with van der Waals surface area (Å²) in [6, 6.07) is 19.3. The normalized spacial score (nSPS) is 15.8. The van der Waals surface area contributed by atoms with Gasteiger partial charge in [0.15, 0.2) is 0 Å². The van der Waals surface area contributed by atoms with Gasteiger partial charge in [-0.2, -0.15) is 10.2 Å². The maximum Gasteiger partial charge on any atom is 0.258 e. The van der Waals surface area contributed by atoms with Gasteiger partial charge in [0.2, 0.25) is 0 Å². The summed E-state index contributed by atoms with van der Waals surface area (Å²) in [4.78, 5) is 24.8. The summed E-state index contributed by atoms with van der Waals surface area (Å²) in [5, 5.41) is 9.41. The van der Waals surface area contributed by atoms with E-state index in [0.29, 0.717) is 30.0 Å². The molecule has 6 rings (SSSR count). The minimum atomic E-state index is -0.0125. The number of likely N-dealkylation sites (tertiary alicyclic amines) is 1. The van der Waals surface area contributed by atoms with Gasteiger partial charge in [-0.3, -0.25) is 19.4 Å². The highest BCUT2D eigenvalue weighted by molar-refractivity contribution is 6.06. The Balaban J connectivity index is 1.32. The molecular formula is C26H23N7O. The van der Waals surface area contributed by atoms with E-state index in [0.717, 1.165) is 29.7 Å². The molecule has 8 nitrogen and oxygen atoms in total. The zero-order chi connectivity index (χ0) is 22.9. The van der Waals surface area contributed by atoms with Crippen molar-refractivity contribution >= 4 is 11.4 Å². The van der Waals surface area contributed by atoms with Crippen molar-refractivity contribution in [2.24, 2.45) is 0 Å². The lowest BCUT2D eigenvalue weighted by molar-refractivity contribution is 0.0724. The number of pyridine rings is 3. The lowest BCUT2D eigenvalue weighted by atomic mass is 10.1. The van der Waals surface area contributed by atoms with E-state index >= 15 is 0 Å². The fourth-order valence-corrected chi connectivity index (χ4v) is 4.66. The molecule has 34 heavy (non-hydrogen) atoms. The Morgan fingerprint density at radius 2 is 1.65 bits per heavy atom. The molecule has 0 spiro atoms. The quantitative estimate of drug-likeness (QED) is 0.406. The summed E-state index contributed by atoms with van der Waals surface area (Å²) >= 11 is 0. The second-order valence-corrected chi connectivity index (χ2v) is 8.40. The number of carbonyl (C=O) groups is 1. The molecule has 0 bridgehead atoms. The average Bonchev–Trinajstić information content (AvgIpc) is 3.64. The lowest BCUT2D eigenvalue weighted by Crippen LogP contribution is -2.38. The van der Waals surface area contributed by atoms with E-state index in [9.17, 15) is 4.79 Å². The van der Waals surface area contributed by atoms with Crippen LogP contribution in [-0.4, -0.2) is 52.8 Å². The fourth-order valence-electron chi connectivity index (χ4n) is 4.66. The van der Waals surface area contributed by atoms with Crippen LogP contribution in [0.5, 0.6) is 0 Å². The van der Waals surface area contributed by atoms with Crippen molar-refractivity contribution in [2.75, 3.05) is 6.54 Å². The molecule has 0 aromatic carbocycles. The molecule has 8 heteroatoms. The van der Waals surface area contributed by atoms with Crippen molar-refractivity contribution in [1.29, 1.82) is 0 Å². The summed E-state index contributed by atoms with van der Waals surface area (Å²) in [5.41, 5.74) is 4.36. The molecule has 1 aliphatic rings. The van der Waals surface area contributed by atoms with Gasteiger partial charge in [0, 0.05) is 31.3 Å². The number of hydrogen-bond acceptors (Lipinski definition) is 5. The third-order valence-corrected chi connectivity index (χ3v) is 6.27. The van der Waals surface area contributed by atoms with Crippen LogP contribution < -0.4 is 0 Å². The number of carbonyl (C=O) groups excluding carboxylic acids is 1. The van der Waals surface area contributed by atoms with Crippen molar-refractivity contribution in [3.05, 3.63) is 91.0 Å². The van der Waals surface area contributed by atoms with Crippen LogP contribution in [0.2, 0.25) is 0 Å². The third kappa shape index (κ3) is 3.63. The average molecular weight is 450 g/mol. The molecule has 1 aliphatic heterocycles. The Kier molecular flexibility index (Phi) is 5.10. The largest absolute Gasteiger partial charge is 0.334 e. The molecule has 0 N–H and O–H groups in total. The molecule has 0 radical (unpaired) electrons. The Morgan fingerprint density at radius 3 is 2.44 bits per heavy atom. The number of aromatic nitrogens is 6. The minimum absolute atomic E-state index is 0.0125. The molecule has 0 unspecified atom stereocenters. The first kappa shape index (κ1) is 20.3. The first-order chi connectivity index (χ1) is 16.8. The van der Waals surface area contributed by atoms with Gasteiger partial charge in [0.25, 0.3) is 5.91 Å². The predicted octanol–water partition coefficient (Wildman–Crippen LogP) is 3.96. The molecule has 1 fully saturated rings. The summed E-state index contributed by atoms with van der Waals surface area (Å²) < 4.78 is 3.67. The van der Waals surface area contributed by atoms with Crippen LogP contribution in [0.1, 0.15) is 23.2 Å². The van der Waals surface area contributed by atoms with Crippen molar-refractivity contribution < 1.29 is 4.79 Å². The Bertz CT molecular complexity index is 1440. The Labute approximate surface area is 196 Å². The standard InChI is InChI=1S/C26H23N7O/c34-26(24-23-11-3-6-16-33(23)30-25(24)22-10-2-5-14-28-22)32-15-7-8-19(32)18-31-17-12-21(29-31)20-9-1-4-13-27-20/h1-6,9-14,16-17,19H,7-8,15,18H2/t19-/m0/s1. The molecule has 5 aromatic heterocycles. The van der Waals surface area contributed by atoms with Crippen LogP contribution in [0.3, 0.4) is 0 Å². The van der Waals surface area contributed by atoms with Gasteiger partial charge < -0.3 is 4.90 Å². The van der Waals surface area contributed by atoms with Crippen LogP contribution in [0.25, 0.3) is 28.3 Å². The second-order valence-electron chi connectivity index (χ2n) is 8.40. The van der Waals surface area contributed by atoms with Crippen LogP contribution in [0.4, 0.5) is 0 Å². The fraction of sp³-hybridized carbons (Fsp3) is 0.192. The van der Waals surface area contributed by atoms with E-state index in [1.54, 1.807) is 16.9 Å². The molecule has 0 aliphatic carbocycles. The van der Waals surface area contributed by atoms with Crippen molar-refractivity contribution in [3.8, 4) is 22.8 Å². The molecule has 5 aromatic rings. The highest BCUT2D eigenvalue weighted by atomic mass is 16.2. The summed E-state index contributed by atoms with van der Waals surface area (Å²) in [6.45, 7) is 1.35. The maximum atomic E-state index is 13.9. The van der Waals surface area contributed by atoms with Crippen molar-refractivity contribution in [2.45, 2.75) is 25.4 Å². The van der Waals surface area contributed by atoms with Crippen LogP contribution in [0, 0.1) is 0 Å². The highest BCUT2D eigenvalue weighted by Crippen LogP contribution is 2.29. The molecule has 1 atom stereocenters. The van der Waals surface area contributed by atoms with Crippen LogP contribution >= 0.6 is 0 Å². The maximum absolute atomic E-state index is 13.9. The van der Waals surface area contributed by atoms with Crippen molar-refractivity contribution in [1.82, 2.24) is 34.3 Å². The summed E-state index contributed by atoms with van der Waals surface area (Å²) in [6.07, 6.45) is 9.21. The first-order valence-corrected chi connectivity index (χ1v) is 11.4. The van der Waals surface area contributed by atoms with Crippen LogP contribution in [-0.2, 0) is 6.54 Å². The Morgan fingerprint density at radius 1 is 0.853 bits per heavy atom. The second kappa shape index (κ2) is 8.55. The smallest absolute Gasteiger partial charge is 0.258 e. The third-order valence-electron chi connectivity index (χ3n) is 6.27. The molecule has 168 valence electrons. The van der Waals surface area contributed by atoms with E-state index in [1.165, 1.54) is 0 Å². The number of amides is 1.